The summed E-state index contributed by atoms with van der Waals surface area (Å²) >= 11 is 0. The molecule has 0 amide bonds. The Morgan fingerprint density at radius 2 is 1.90 bits per heavy atom. The van der Waals surface area contributed by atoms with E-state index in [0.717, 1.165) is 18.9 Å². The van der Waals surface area contributed by atoms with Crippen molar-refractivity contribution in [2.45, 2.75) is 37.9 Å². The number of halogens is 3. The van der Waals surface area contributed by atoms with Gasteiger partial charge >= 0.3 is 12.1 Å². The highest BCUT2D eigenvalue weighted by Crippen LogP contribution is 2.29. The molecule has 1 heterocycles. The predicted molar refractivity (Wildman–Crippen MR) is 68.4 cm³/mol. The summed E-state index contributed by atoms with van der Waals surface area (Å²) in [6.45, 7) is 0. The maximum Gasteiger partial charge on any atom is 0.435 e. The van der Waals surface area contributed by atoms with Crippen molar-refractivity contribution in [3.63, 3.8) is 0 Å². The molecule has 1 aromatic rings. The Balaban J connectivity index is 1.88. The quantitative estimate of drug-likeness (QED) is 0.870. The first-order valence-electron chi connectivity index (χ1n) is 6.65. The van der Waals surface area contributed by atoms with Crippen LogP contribution in [0.1, 0.15) is 31.4 Å². The zero-order valence-corrected chi connectivity index (χ0v) is 11.5. The van der Waals surface area contributed by atoms with Crippen LogP contribution in [0.25, 0.3) is 0 Å². The van der Waals surface area contributed by atoms with Crippen molar-refractivity contribution >= 4 is 11.8 Å². The van der Waals surface area contributed by atoms with Gasteiger partial charge in [0.15, 0.2) is 5.69 Å². The number of carbonyl (C=O) groups is 1. The third-order valence-electron chi connectivity index (χ3n) is 3.57. The van der Waals surface area contributed by atoms with Crippen LogP contribution < -0.4 is 5.32 Å². The lowest BCUT2D eigenvalue weighted by molar-refractivity contribution is -0.146. The van der Waals surface area contributed by atoms with Crippen LogP contribution in [-0.2, 0) is 15.7 Å². The standard InChI is InChI=1S/C13H16F3N3O2/c1-21-12(20)8-2-4-9(5-3-8)17-11-7-6-10(18-19-11)13(14,15)16/h6-9H,2-5H2,1H3,(H,17,19). The van der Waals surface area contributed by atoms with Gasteiger partial charge in [0.25, 0.3) is 0 Å². The number of ether oxygens (including phenoxy) is 1. The molecule has 0 spiro atoms. The van der Waals surface area contributed by atoms with E-state index < -0.39 is 11.9 Å². The summed E-state index contributed by atoms with van der Waals surface area (Å²) in [5.41, 5.74) is -1.01. The largest absolute Gasteiger partial charge is 0.469 e. The van der Waals surface area contributed by atoms with Gasteiger partial charge in [0.05, 0.1) is 13.0 Å². The lowest BCUT2D eigenvalue weighted by Gasteiger charge is -2.27. The highest BCUT2D eigenvalue weighted by Gasteiger charge is 2.33. The lowest BCUT2D eigenvalue weighted by Crippen LogP contribution is -2.30. The second-order valence-corrected chi connectivity index (χ2v) is 5.02. The maximum atomic E-state index is 12.4. The van der Waals surface area contributed by atoms with Gasteiger partial charge in [-0.3, -0.25) is 4.79 Å². The van der Waals surface area contributed by atoms with Gasteiger partial charge in [0.1, 0.15) is 5.82 Å². The number of hydrogen-bond acceptors (Lipinski definition) is 5. The number of aromatic nitrogens is 2. The van der Waals surface area contributed by atoms with Gasteiger partial charge in [0, 0.05) is 6.04 Å². The fraction of sp³-hybridized carbons (Fsp3) is 0.615. The molecular weight excluding hydrogens is 287 g/mol. The summed E-state index contributed by atoms with van der Waals surface area (Å²) in [6.07, 6.45) is -1.62. The first kappa shape index (κ1) is 15.5. The number of methoxy groups -OCH3 is 1. The molecule has 5 nitrogen and oxygen atoms in total. The summed E-state index contributed by atoms with van der Waals surface area (Å²) < 4.78 is 41.8. The summed E-state index contributed by atoms with van der Waals surface area (Å²) in [6, 6.07) is 2.24. The van der Waals surface area contributed by atoms with Gasteiger partial charge in [-0.2, -0.15) is 13.2 Å². The normalized spacial score (nSPS) is 22.7. The van der Waals surface area contributed by atoms with Gasteiger partial charge in [0.2, 0.25) is 0 Å². The molecule has 1 saturated carbocycles. The van der Waals surface area contributed by atoms with Gasteiger partial charge in [-0.25, -0.2) is 0 Å². The van der Waals surface area contributed by atoms with Crippen LogP contribution in [0.3, 0.4) is 0 Å². The van der Waals surface area contributed by atoms with Crippen LogP contribution in [0.2, 0.25) is 0 Å². The topological polar surface area (TPSA) is 64.1 Å². The average molecular weight is 303 g/mol. The molecular formula is C13H16F3N3O2. The van der Waals surface area contributed by atoms with E-state index in [-0.39, 0.29) is 17.9 Å². The summed E-state index contributed by atoms with van der Waals surface area (Å²) in [7, 11) is 1.37. The number of anilines is 1. The van der Waals surface area contributed by atoms with Crippen LogP contribution in [0.5, 0.6) is 0 Å². The molecule has 1 N–H and O–H groups in total. The molecule has 21 heavy (non-hydrogen) atoms. The van der Waals surface area contributed by atoms with Crippen LogP contribution in [0, 0.1) is 5.92 Å². The molecule has 1 aliphatic carbocycles. The third kappa shape index (κ3) is 4.05. The van der Waals surface area contributed by atoms with Gasteiger partial charge in [-0.05, 0) is 37.8 Å². The van der Waals surface area contributed by atoms with Crippen LogP contribution in [0.15, 0.2) is 12.1 Å². The van der Waals surface area contributed by atoms with E-state index in [1.807, 2.05) is 0 Å². The third-order valence-corrected chi connectivity index (χ3v) is 3.57. The summed E-state index contributed by atoms with van der Waals surface area (Å²) in [5, 5.41) is 9.74. The van der Waals surface area contributed by atoms with Crippen molar-refractivity contribution in [2.24, 2.45) is 5.92 Å². The Hall–Kier alpha value is -1.86. The minimum atomic E-state index is -4.48. The van der Waals surface area contributed by atoms with E-state index in [9.17, 15) is 18.0 Å². The molecule has 1 aliphatic rings. The highest BCUT2D eigenvalue weighted by molar-refractivity contribution is 5.72. The molecule has 1 fully saturated rings. The Kier molecular flexibility index (Phi) is 4.64. The first-order valence-corrected chi connectivity index (χ1v) is 6.65. The Labute approximate surface area is 119 Å². The van der Waals surface area contributed by atoms with E-state index in [2.05, 4.69) is 15.5 Å². The SMILES string of the molecule is COC(=O)C1CCC(Nc2ccc(C(F)(F)F)nn2)CC1. The molecule has 116 valence electrons. The number of hydrogen-bond donors (Lipinski definition) is 1. The molecule has 0 unspecified atom stereocenters. The van der Waals surface area contributed by atoms with Crippen molar-refractivity contribution < 1.29 is 22.7 Å². The Bertz CT molecular complexity index is 482. The van der Waals surface area contributed by atoms with E-state index in [4.69, 9.17) is 4.74 Å². The number of alkyl halides is 3. The Morgan fingerprint density at radius 3 is 2.38 bits per heavy atom. The van der Waals surface area contributed by atoms with Gasteiger partial charge in [-0.15, -0.1) is 10.2 Å². The first-order chi connectivity index (χ1) is 9.90. The second-order valence-electron chi connectivity index (χ2n) is 5.02. The Morgan fingerprint density at radius 1 is 1.24 bits per heavy atom. The highest BCUT2D eigenvalue weighted by atomic mass is 19.4. The number of carbonyl (C=O) groups excluding carboxylic acids is 1. The summed E-state index contributed by atoms with van der Waals surface area (Å²) in [4.78, 5) is 11.4. The monoisotopic (exact) mass is 303 g/mol. The average Bonchev–Trinajstić information content (AvgIpc) is 2.47. The van der Waals surface area contributed by atoms with Crippen molar-refractivity contribution in [1.82, 2.24) is 10.2 Å². The maximum absolute atomic E-state index is 12.4. The number of esters is 1. The predicted octanol–water partition coefficient (Wildman–Crippen LogP) is 2.64. The van der Waals surface area contributed by atoms with Crippen molar-refractivity contribution in [2.75, 3.05) is 12.4 Å². The molecule has 1 aromatic heterocycles. The van der Waals surface area contributed by atoms with Crippen molar-refractivity contribution in [3.8, 4) is 0 Å². The van der Waals surface area contributed by atoms with Crippen LogP contribution >= 0.6 is 0 Å². The number of nitrogens with one attached hydrogen (secondary N) is 1. The second kappa shape index (κ2) is 6.28. The van der Waals surface area contributed by atoms with Gasteiger partial charge in [-0.1, -0.05) is 0 Å². The molecule has 0 aliphatic heterocycles. The lowest BCUT2D eigenvalue weighted by atomic mass is 9.86. The minimum Gasteiger partial charge on any atom is -0.469 e. The smallest absolute Gasteiger partial charge is 0.435 e. The fourth-order valence-electron chi connectivity index (χ4n) is 2.41. The van der Waals surface area contributed by atoms with Gasteiger partial charge < -0.3 is 10.1 Å². The zero-order chi connectivity index (χ0) is 15.5. The molecule has 2 rings (SSSR count). The minimum absolute atomic E-state index is 0.0805. The van der Waals surface area contributed by atoms with Crippen molar-refractivity contribution in [3.05, 3.63) is 17.8 Å². The molecule has 0 radical (unpaired) electrons. The van der Waals surface area contributed by atoms with Crippen molar-refractivity contribution in [1.29, 1.82) is 0 Å². The van der Waals surface area contributed by atoms with E-state index in [0.29, 0.717) is 18.7 Å². The number of rotatable bonds is 3. The molecule has 0 bridgehead atoms. The fourth-order valence-corrected chi connectivity index (χ4v) is 2.41. The molecule has 0 atom stereocenters. The molecule has 8 heteroatoms. The zero-order valence-electron chi connectivity index (χ0n) is 11.5. The van der Waals surface area contributed by atoms with Crippen LogP contribution in [0.4, 0.5) is 19.0 Å². The van der Waals surface area contributed by atoms with E-state index in [1.54, 1.807) is 0 Å². The van der Waals surface area contributed by atoms with Crippen LogP contribution in [-0.4, -0.2) is 29.3 Å². The molecule has 0 saturated heterocycles. The van der Waals surface area contributed by atoms with E-state index >= 15 is 0 Å². The number of nitrogens with zero attached hydrogens (tertiary/aromatic N) is 2. The van der Waals surface area contributed by atoms with E-state index in [1.165, 1.54) is 13.2 Å². The molecule has 0 aromatic carbocycles. The summed E-state index contributed by atoms with van der Waals surface area (Å²) in [5.74, 6) is 0.0130.